The molecule has 0 radical (unpaired) electrons. The third kappa shape index (κ3) is 3.39. The summed E-state index contributed by atoms with van der Waals surface area (Å²) in [6.07, 6.45) is 5.59. The minimum absolute atomic E-state index is 0.409. The minimum atomic E-state index is 0.409. The number of hydrogen-bond acceptors (Lipinski definition) is 3. The van der Waals surface area contributed by atoms with Crippen molar-refractivity contribution >= 4 is 11.3 Å². The van der Waals surface area contributed by atoms with E-state index in [1.807, 2.05) is 17.5 Å². The average molecular weight is 212 g/mol. The first kappa shape index (κ1) is 11.7. The molecule has 0 fully saturated rings. The summed E-state index contributed by atoms with van der Waals surface area (Å²) >= 11 is 1.83. The van der Waals surface area contributed by atoms with Gasteiger partial charge in [-0.15, -0.1) is 11.3 Å². The lowest BCUT2D eigenvalue weighted by Crippen LogP contribution is -2.19. The fourth-order valence-corrected chi connectivity index (χ4v) is 2.15. The number of rotatable bonds is 6. The zero-order valence-corrected chi connectivity index (χ0v) is 10.2. The standard InChI is InChI=1S/C11H20N2S/c1-4-6-7-12-9(3)11-13-8-10(5-2)14-11/h8-9,12H,4-7H2,1-3H3. The predicted molar refractivity (Wildman–Crippen MR) is 62.8 cm³/mol. The largest absolute Gasteiger partial charge is 0.308 e. The molecule has 0 amide bonds. The van der Waals surface area contributed by atoms with Gasteiger partial charge in [0.2, 0.25) is 0 Å². The predicted octanol–water partition coefficient (Wildman–Crippen LogP) is 3.16. The van der Waals surface area contributed by atoms with Gasteiger partial charge in [-0.1, -0.05) is 20.3 Å². The van der Waals surface area contributed by atoms with Gasteiger partial charge < -0.3 is 5.32 Å². The van der Waals surface area contributed by atoms with E-state index >= 15 is 0 Å². The summed E-state index contributed by atoms with van der Waals surface area (Å²) in [6, 6.07) is 0.409. The molecule has 1 aromatic heterocycles. The summed E-state index contributed by atoms with van der Waals surface area (Å²) in [5.41, 5.74) is 0. The number of hydrogen-bond donors (Lipinski definition) is 1. The molecule has 0 aliphatic heterocycles. The van der Waals surface area contributed by atoms with Gasteiger partial charge in [-0.3, -0.25) is 0 Å². The summed E-state index contributed by atoms with van der Waals surface area (Å²) in [7, 11) is 0. The SMILES string of the molecule is CCCCNC(C)c1ncc(CC)s1. The molecule has 0 aliphatic carbocycles. The van der Waals surface area contributed by atoms with E-state index in [2.05, 4.69) is 31.1 Å². The number of unbranched alkanes of at least 4 members (excludes halogenated alkanes) is 1. The summed E-state index contributed by atoms with van der Waals surface area (Å²) in [6.45, 7) is 7.67. The maximum atomic E-state index is 4.42. The second-order valence-electron chi connectivity index (χ2n) is 3.55. The lowest BCUT2D eigenvalue weighted by molar-refractivity contribution is 0.552. The summed E-state index contributed by atoms with van der Waals surface area (Å²) in [4.78, 5) is 5.80. The number of nitrogens with zero attached hydrogens (tertiary/aromatic N) is 1. The van der Waals surface area contributed by atoms with E-state index in [1.54, 1.807) is 0 Å². The van der Waals surface area contributed by atoms with Crippen molar-refractivity contribution in [2.24, 2.45) is 0 Å². The van der Waals surface area contributed by atoms with E-state index in [1.165, 1.54) is 22.7 Å². The lowest BCUT2D eigenvalue weighted by atomic mass is 10.3. The van der Waals surface area contributed by atoms with Gasteiger partial charge in [-0.25, -0.2) is 4.98 Å². The normalized spacial score (nSPS) is 13.1. The number of aromatic nitrogens is 1. The highest BCUT2D eigenvalue weighted by Crippen LogP contribution is 2.19. The van der Waals surface area contributed by atoms with Gasteiger partial charge in [0.1, 0.15) is 5.01 Å². The highest BCUT2D eigenvalue weighted by atomic mass is 32.1. The van der Waals surface area contributed by atoms with Crippen LogP contribution in [0.1, 0.15) is 49.5 Å². The molecule has 0 aliphatic rings. The van der Waals surface area contributed by atoms with Crippen molar-refractivity contribution in [2.75, 3.05) is 6.54 Å². The Kier molecular flexibility index (Phi) is 5.12. The van der Waals surface area contributed by atoms with E-state index in [4.69, 9.17) is 0 Å². The van der Waals surface area contributed by atoms with Crippen molar-refractivity contribution in [1.82, 2.24) is 10.3 Å². The van der Waals surface area contributed by atoms with E-state index in [-0.39, 0.29) is 0 Å². The Labute approximate surface area is 90.8 Å². The molecule has 1 aromatic rings. The van der Waals surface area contributed by atoms with Gasteiger partial charge in [-0.2, -0.15) is 0 Å². The van der Waals surface area contributed by atoms with Gasteiger partial charge in [0.25, 0.3) is 0 Å². The molecule has 1 heterocycles. The zero-order valence-electron chi connectivity index (χ0n) is 9.34. The molecule has 0 bridgehead atoms. The Morgan fingerprint density at radius 3 is 2.86 bits per heavy atom. The van der Waals surface area contributed by atoms with Crippen molar-refractivity contribution in [3.8, 4) is 0 Å². The third-order valence-corrected chi connectivity index (χ3v) is 3.60. The maximum absolute atomic E-state index is 4.42. The maximum Gasteiger partial charge on any atom is 0.109 e. The molecule has 80 valence electrons. The summed E-state index contributed by atoms with van der Waals surface area (Å²) in [5.74, 6) is 0. The first-order chi connectivity index (χ1) is 6.77. The molecule has 0 spiro atoms. The van der Waals surface area contributed by atoms with Crippen LogP contribution in [-0.2, 0) is 6.42 Å². The molecular formula is C11H20N2S. The smallest absolute Gasteiger partial charge is 0.109 e. The van der Waals surface area contributed by atoms with Crippen LogP contribution < -0.4 is 5.32 Å². The van der Waals surface area contributed by atoms with E-state index in [0.717, 1.165) is 13.0 Å². The van der Waals surface area contributed by atoms with Crippen molar-refractivity contribution in [3.05, 3.63) is 16.1 Å². The molecule has 1 N–H and O–H groups in total. The zero-order chi connectivity index (χ0) is 10.4. The highest BCUT2D eigenvalue weighted by molar-refractivity contribution is 7.11. The molecule has 0 saturated carbocycles. The summed E-state index contributed by atoms with van der Waals surface area (Å²) in [5, 5.41) is 4.71. The summed E-state index contributed by atoms with van der Waals surface area (Å²) < 4.78 is 0. The number of thiazole rings is 1. The Morgan fingerprint density at radius 2 is 2.29 bits per heavy atom. The Hall–Kier alpha value is -0.410. The van der Waals surface area contributed by atoms with E-state index in [9.17, 15) is 0 Å². The fourth-order valence-electron chi connectivity index (χ4n) is 1.27. The quantitative estimate of drug-likeness (QED) is 0.733. The van der Waals surface area contributed by atoms with Gasteiger partial charge in [0.15, 0.2) is 0 Å². The van der Waals surface area contributed by atoms with Crippen LogP contribution in [0.2, 0.25) is 0 Å². The van der Waals surface area contributed by atoms with Gasteiger partial charge in [-0.05, 0) is 26.3 Å². The molecule has 3 heteroatoms. The minimum Gasteiger partial charge on any atom is -0.308 e. The molecule has 1 unspecified atom stereocenters. The van der Waals surface area contributed by atoms with Crippen molar-refractivity contribution < 1.29 is 0 Å². The monoisotopic (exact) mass is 212 g/mol. The van der Waals surface area contributed by atoms with Crippen LogP contribution in [0.15, 0.2) is 6.20 Å². The Balaban J connectivity index is 2.39. The van der Waals surface area contributed by atoms with Crippen LogP contribution in [0.5, 0.6) is 0 Å². The van der Waals surface area contributed by atoms with Crippen LogP contribution in [0.25, 0.3) is 0 Å². The Morgan fingerprint density at radius 1 is 1.50 bits per heavy atom. The second kappa shape index (κ2) is 6.14. The molecule has 2 nitrogen and oxygen atoms in total. The number of aryl methyl sites for hydroxylation is 1. The molecule has 1 atom stereocenters. The molecular weight excluding hydrogens is 192 g/mol. The molecule has 1 rings (SSSR count). The van der Waals surface area contributed by atoms with Gasteiger partial charge in [0.05, 0.1) is 6.04 Å². The van der Waals surface area contributed by atoms with E-state index in [0.29, 0.717) is 6.04 Å². The average Bonchev–Trinajstić information content (AvgIpc) is 2.66. The van der Waals surface area contributed by atoms with Crippen LogP contribution in [0.3, 0.4) is 0 Å². The fraction of sp³-hybridized carbons (Fsp3) is 0.727. The topological polar surface area (TPSA) is 24.9 Å². The first-order valence-electron chi connectivity index (χ1n) is 5.45. The molecule has 0 saturated heterocycles. The van der Waals surface area contributed by atoms with Gasteiger partial charge >= 0.3 is 0 Å². The van der Waals surface area contributed by atoms with Crippen LogP contribution in [0.4, 0.5) is 0 Å². The van der Waals surface area contributed by atoms with Crippen molar-refractivity contribution in [3.63, 3.8) is 0 Å². The molecule has 14 heavy (non-hydrogen) atoms. The van der Waals surface area contributed by atoms with Gasteiger partial charge in [0, 0.05) is 11.1 Å². The third-order valence-electron chi connectivity index (χ3n) is 2.27. The highest BCUT2D eigenvalue weighted by Gasteiger charge is 2.08. The van der Waals surface area contributed by atoms with E-state index < -0.39 is 0 Å². The van der Waals surface area contributed by atoms with Crippen LogP contribution in [0, 0.1) is 0 Å². The van der Waals surface area contributed by atoms with Crippen LogP contribution in [-0.4, -0.2) is 11.5 Å². The molecule has 0 aromatic carbocycles. The van der Waals surface area contributed by atoms with Crippen molar-refractivity contribution in [2.45, 2.75) is 46.1 Å². The lowest BCUT2D eigenvalue weighted by Gasteiger charge is -2.09. The second-order valence-corrected chi connectivity index (χ2v) is 4.69. The number of nitrogens with one attached hydrogen (secondary N) is 1. The Bertz CT molecular complexity index is 258. The van der Waals surface area contributed by atoms with Crippen molar-refractivity contribution in [1.29, 1.82) is 0 Å². The van der Waals surface area contributed by atoms with Crippen LogP contribution >= 0.6 is 11.3 Å². The first-order valence-corrected chi connectivity index (χ1v) is 6.27.